The number of carbonyl (C=O) groups is 1. The molecule has 0 bridgehead atoms. The second kappa shape index (κ2) is 6.74. The Kier molecular flexibility index (Phi) is 5.27. The van der Waals surface area contributed by atoms with Crippen LogP contribution in [0.2, 0.25) is 0 Å². The molecule has 1 aromatic rings. The summed E-state index contributed by atoms with van der Waals surface area (Å²) in [6.45, 7) is 5.63. The molecular weight excluding hydrogens is 216 g/mol. The Morgan fingerprint density at radius 3 is 2.53 bits per heavy atom. The highest BCUT2D eigenvalue weighted by molar-refractivity contribution is 5.69. The minimum Gasteiger partial charge on any atom is -0.497 e. The van der Waals surface area contributed by atoms with Gasteiger partial charge in [0.15, 0.2) is 0 Å². The maximum Gasteiger partial charge on any atom is 0.306 e. The molecule has 0 saturated heterocycles. The van der Waals surface area contributed by atoms with Gasteiger partial charge in [-0.2, -0.15) is 0 Å². The van der Waals surface area contributed by atoms with Gasteiger partial charge in [-0.05, 0) is 30.2 Å². The van der Waals surface area contributed by atoms with Crippen molar-refractivity contribution in [2.45, 2.75) is 25.9 Å². The molecule has 92 valence electrons. The normalized spacial score (nSPS) is 11.6. The van der Waals surface area contributed by atoms with Gasteiger partial charge in [-0.15, -0.1) is 0 Å². The summed E-state index contributed by atoms with van der Waals surface area (Å²) in [6.07, 6.45) is 2.45. The van der Waals surface area contributed by atoms with Crippen molar-refractivity contribution in [3.05, 3.63) is 42.5 Å². The summed E-state index contributed by atoms with van der Waals surface area (Å²) in [5.74, 6) is 0.574. The molecule has 0 aliphatic heterocycles. The molecule has 0 aromatic heterocycles. The lowest BCUT2D eigenvalue weighted by atomic mass is 10.1. The van der Waals surface area contributed by atoms with Crippen molar-refractivity contribution in [1.82, 2.24) is 0 Å². The third-order valence-corrected chi connectivity index (χ3v) is 2.37. The smallest absolute Gasteiger partial charge is 0.306 e. The standard InChI is InChI=1S/C14H18O3/c1-4-6-14(15)17-13(5-2)11-7-9-12(16-3)10-8-11/h5,7-10,13H,2,4,6H2,1,3H3. The van der Waals surface area contributed by atoms with Crippen LogP contribution < -0.4 is 4.74 Å². The predicted molar refractivity (Wildman–Crippen MR) is 66.9 cm³/mol. The average Bonchev–Trinajstić information content (AvgIpc) is 2.36. The van der Waals surface area contributed by atoms with E-state index in [0.29, 0.717) is 6.42 Å². The Bertz CT molecular complexity index is 368. The van der Waals surface area contributed by atoms with Crippen molar-refractivity contribution in [3.63, 3.8) is 0 Å². The summed E-state index contributed by atoms with van der Waals surface area (Å²) >= 11 is 0. The highest BCUT2D eigenvalue weighted by Crippen LogP contribution is 2.22. The fraction of sp³-hybridized carbons (Fsp3) is 0.357. The second-order valence-electron chi connectivity index (χ2n) is 3.67. The Labute approximate surface area is 102 Å². The summed E-state index contributed by atoms with van der Waals surface area (Å²) in [5.41, 5.74) is 0.894. The maximum absolute atomic E-state index is 11.4. The average molecular weight is 234 g/mol. The third kappa shape index (κ3) is 3.94. The van der Waals surface area contributed by atoms with Gasteiger partial charge in [0.1, 0.15) is 11.9 Å². The Hall–Kier alpha value is -1.77. The lowest BCUT2D eigenvalue weighted by Crippen LogP contribution is -2.09. The molecule has 0 radical (unpaired) electrons. The van der Waals surface area contributed by atoms with E-state index in [9.17, 15) is 4.79 Å². The van der Waals surface area contributed by atoms with Crippen LogP contribution in [0.4, 0.5) is 0 Å². The molecule has 0 heterocycles. The van der Waals surface area contributed by atoms with Crippen molar-refractivity contribution < 1.29 is 14.3 Å². The number of methoxy groups -OCH3 is 1. The van der Waals surface area contributed by atoms with E-state index < -0.39 is 0 Å². The third-order valence-electron chi connectivity index (χ3n) is 2.37. The SMILES string of the molecule is C=CC(OC(=O)CCC)c1ccc(OC)cc1. The quantitative estimate of drug-likeness (QED) is 0.560. The number of carbonyl (C=O) groups excluding carboxylic acids is 1. The van der Waals surface area contributed by atoms with Gasteiger partial charge in [0.2, 0.25) is 0 Å². The van der Waals surface area contributed by atoms with E-state index in [0.717, 1.165) is 17.7 Å². The summed E-state index contributed by atoms with van der Waals surface area (Å²) in [7, 11) is 1.61. The number of hydrogen-bond donors (Lipinski definition) is 0. The summed E-state index contributed by atoms with van der Waals surface area (Å²) in [5, 5.41) is 0. The number of hydrogen-bond acceptors (Lipinski definition) is 3. The van der Waals surface area contributed by atoms with E-state index in [2.05, 4.69) is 6.58 Å². The predicted octanol–water partition coefficient (Wildman–Crippen LogP) is 3.27. The fourth-order valence-corrected chi connectivity index (χ4v) is 1.45. The monoisotopic (exact) mass is 234 g/mol. The van der Waals surface area contributed by atoms with Crippen LogP contribution in [0.3, 0.4) is 0 Å². The van der Waals surface area contributed by atoms with Crippen molar-refractivity contribution in [1.29, 1.82) is 0 Å². The van der Waals surface area contributed by atoms with Crippen LogP contribution in [-0.2, 0) is 9.53 Å². The molecule has 1 rings (SSSR count). The Morgan fingerprint density at radius 2 is 2.06 bits per heavy atom. The Morgan fingerprint density at radius 1 is 1.41 bits per heavy atom. The van der Waals surface area contributed by atoms with Gasteiger partial charge < -0.3 is 9.47 Å². The largest absolute Gasteiger partial charge is 0.497 e. The van der Waals surface area contributed by atoms with Crippen molar-refractivity contribution in [3.8, 4) is 5.75 Å². The molecule has 0 aliphatic carbocycles. The van der Waals surface area contributed by atoms with E-state index in [1.807, 2.05) is 31.2 Å². The molecule has 0 aliphatic rings. The first-order valence-corrected chi connectivity index (χ1v) is 5.67. The molecular formula is C14H18O3. The number of benzene rings is 1. The summed E-state index contributed by atoms with van der Waals surface area (Å²) < 4.78 is 10.4. The van der Waals surface area contributed by atoms with Gasteiger partial charge in [0.25, 0.3) is 0 Å². The molecule has 0 N–H and O–H groups in total. The van der Waals surface area contributed by atoms with E-state index >= 15 is 0 Å². The van der Waals surface area contributed by atoms with Gasteiger partial charge in [-0.25, -0.2) is 0 Å². The fourth-order valence-electron chi connectivity index (χ4n) is 1.45. The van der Waals surface area contributed by atoms with Gasteiger partial charge >= 0.3 is 5.97 Å². The molecule has 0 spiro atoms. The maximum atomic E-state index is 11.4. The van der Waals surface area contributed by atoms with Gasteiger partial charge in [0.05, 0.1) is 7.11 Å². The molecule has 1 atom stereocenters. The molecule has 1 unspecified atom stereocenters. The van der Waals surface area contributed by atoms with E-state index in [1.54, 1.807) is 13.2 Å². The van der Waals surface area contributed by atoms with Crippen molar-refractivity contribution >= 4 is 5.97 Å². The zero-order valence-electron chi connectivity index (χ0n) is 10.3. The van der Waals surface area contributed by atoms with Crippen molar-refractivity contribution in [2.75, 3.05) is 7.11 Å². The molecule has 3 nitrogen and oxygen atoms in total. The van der Waals surface area contributed by atoms with Crippen molar-refractivity contribution in [2.24, 2.45) is 0 Å². The van der Waals surface area contributed by atoms with Crippen LogP contribution in [0.15, 0.2) is 36.9 Å². The molecule has 1 aromatic carbocycles. The highest BCUT2D eigenvalue weighted by Gasteiger charge is 2.12. The zero-order chi connectivity index (χ0) is 12.7. The topological polar surface area (TPSA) is 35.5 Å². The number of rotatable bonds is 6. The molecule has 0 amide bonds. The lowest BCUT2D eigenvalue weighted by molar-refractivity contribution is -0.147. The zero-order valence-corrected chi connectivity index (χ0v) is 10.3. The first-order chi connectivity index (χ1) is 8.21. The number of ether oxygens (including phenoxy) is 2. The van der Waals surface area contributed by atoms with E-state index in [-0.39, 0.29) is 12.1 Å². The van der Waals surface area contributed by atoms with Crippen LogP contribution in [-0.4, -0.2) is 13.1 Å². The summed E-state index contributed by atoms with van der Waals surface area (Å²) in [6, 6.07) is 7.40. The van der Waals surface area contributed by atoms with Gasteiger partial charge in [-0.1, -0.05) is 25.6 Å². The molecule has 0 saturated carbocycles. The van der Waals surface area contributed by atoms with Crippen LogP contribution in [0, 0.1) is 0 Å². The molecule has 17 heavy (non-hydrogen) atoms. The molecule has 0 fully saturated rings. The van der Waals surface area contributed by atoms with E-state index in [4.69, 9.17) is 9.47 Å². The first-order valence-electron chi connectivity index (χ1n) is 5.67. The van der Waals surface area contributed by atoms with Crippen LogP contribution in [0.5, 0.6) is 5.75 Å². The minimum absolute atomic E-state index is 0.201. The Balaban J connectivity index is 2.72. The van der Waals surface area contributed by atoms with Crippen LogP contribution >= 0.6 is 0 Å². The first kappa shape index (κ1) is 13.3. The molecule has 3 heteroatoms. The number of esters is 1. The van der Waals surface area contributed by atoms with Gasteiger partial charge in [-0.3, -0.25) is 4.79 Å². The van der Waals surface area contributed by atoms with Crippen LogP contribution in [0.1, 0.15) is 31.4 Å². The summed E-state index contributed by atoms with van der Waals surface area (Å²) in [4.78, 5) is 11.4. The second-order valence-corrected chi connectivity index (χ2v) is 3.67. The van der Waals surface area contributed by atoms with E-state index in [1.165, 1.54) is 0 Å². The lowest BCUT2D eigenvalue weighted by Gasteiger charge is -2.14. The van der Waals surface area contributed by atoms with Crippen LogP contribution in [0.25, 0.3) is 0 Å². The van der Waals surface area contributed by atoms with Gasteiger partial charge in [0, 0.05) is 6.42 Å². The highest BCUT2D eigenvalue weighted by atomic mass is 16.5. The minimum atomic E-state index is -0.389.